The maximum Gasteiger partial charge on any atom is 0.335 e. The van der Waals surface area contributed by atoms with E-state index in [2.05, 4.69) is 5.32 Å². The zero-order chi connectivity index (χ0) is 15.2. The maximum atomic E-state index is 13.7. The molecule has 0 aliphatic heterocycles. The van der Waals surface area contributed by atoms with Gasteiger partial charge < -0.3 is 10.4 Å². The zero-order valence-electron chi connectivity index (χ0n) is 11.9. The molecular weight excluding hydrogens is 273 g/mol. The van der Waals surface area contributed by atoms with Crippen LogP contribution in [0.1, 0.15) is 59.2 Å². The van der Waals surface area contributed by atoms with Crippen LogP contribution in [0.15, 0.2) is 18.2 Å². The highest BCUT2D eigenvalue weighted by Gasteiger charge is 2.16. The summed E-state index contributed by atoms with van der Waals surface area (Å²) in [5.74, 6) is -1.73. The predicted molar refractivity (Wildman–Crippen MR) is 76.9 cm³/mol. The van der Waals surface area contributed by atoms with Gasteiger partial charge in [-0.1, -0.05) is 25.7 Å². The average molecular weight is 293 g/mol. The number of carbonyl (C=O) groups excluding carboxylic acids is 1. The fourth-order valence-electron chi connectivity index (χ4n) is 2.82. The number of amides is 1. The Balaban J connectivity index is 1.81. The molecule has 1 fully saturated rings. The molecule has 21 heavy (non-hydrogen) atoms. The minimum absolute atomic E-state index is 0.110. The van der Waals surface area contributed by atoms with Crippen molar-refractivity contribution in [3.63, 3.8) is 0 Å². The lowest BCUT2D eigenvalue weighted by molar-refractivity contribution is 0.0695. The fourth-order valence-corrected chi connectivity index (χ4v) is 2.82. The first kappa shape index (κ1) is 15.5. The van der Waals surface area contributed by atoms with E-state index in [0.717, 1.165) is 24.8 Å². The van der Waals surface area contributed by atoms with Crippen LogP contribution in [0.2, 0.25) is 0 Å². The Kier molecular flexibility index (Phi) is 5.31. The summed E-state index contributed by atoms with van der Waals surface area (Å²) in [6.45, 7) is 0.523. The average Bonchev–Trinajstić information content (AvgIpc) is 2.96. The number of aromatic carboxylic acids is 1. The van der Waals surface area contributed by atoms with Gasteiger partial charge in [0.2, 0.25) is 0 Å². The quantitative estimate of drug-likeness (QED) is 0.791. The summed E-state index contributed by atoms with van der Waals surface area (Å²) in [4.78, 5) is 22.5. The van der Waals surface area contributed by atoms with Crippen molar-refractivity contribution in [1.82, 2.24) is 5.32 Å². The molecule has 2 N–H and O–H groups in total. The van der Waals surface area contributed by atoms with Crippen LogP contribution in [0, 0.1) is 11.7 Å². The molecule has 0 spiro atoms. The summed E-state index contributed by atoms with van der Waals surface area (Å²) in [7, 11) is 0. The lowest BCUT2D eigenvalue weighted by Crippen LogP contribution is -2.25. The minimum atomic E-state index is -1.21. The third kappa shape index (κ3) is 4.28. The van der Waals surface area contributed by atoms with Gasteiger partial charge in [-0.3, -0.25) is 4.79 Å². The van der Waals surface area contributed by atoms with Crippen LogP contribution in [0.4, 0.5) is 4.39 Å². The van der Waals surface area contributed by atoms with Crippen molar-refractivity contribution in [2.45, 2.75) is 38.5 Å². The van der Waals surface area contributed by atoms with E-state index in [1.165, 1.54) is 37.8 Å². The topological polar surface area (TPSA) is 66.4 Å². The molecule has 1 aliphatic rings. The maximum absolute atomic E-state index is 13.7. The van der Waals surface area contributed by atoms with E-state index in [4.69, 9.17) is 5.11 Å². The van der Waals surface area contributed by atoms with E-state index in [-0.39, 0.29) is 11.1 Å². The Hall–Kier alpha value is -1.91. The van der Waals surface area contributed by atoms with Gasteiger partial charge >= 0.3 is 5.97 Å². The van der Waals surface area contributed by atoms with Gasteiger partial charge in [0.05, 0.1) is 11.1 Å². The number of hydrogen-bond acceptors (Lipinski definition) is 2. The largest absolute Gasteiger partial charge is 0.478 e. The summed E-state index contributed by atoms with van der Waals surface area (Å²) < 4.78 is 13.7. The number of rotatable bonds is 6. The van der Waals surface area contributed by atoms with Crippen LogP contribution in [0.5, 0.6) is 0 Å². The van der Waals surface area contributed by atoms with Crippen LogP contribution in [-0.2, 0) is 0 Å². The molecule has 0 atom stereocenters. The molecule has 0 unspecified atom stereocenters. The lowest BCUT2D eigenvalue weighted by Gasteiger charge is -2.10. The van der Waals surface area contributed by atoms with Crippen LogP contribution in [0.3, 0.4) is 0 Å². The summed E-state index contributed by atoms with van der Waals surface area (Å²) in [5.41, 5.74) is -0.272. The Labute approximate surface area is 123 Å². The number of hydrogen-bond donors (Lipinski definition) is 2. The van der Waals surface area contributed by atoms with Gasteiger partial charge in [-0.25, -0.2) is 9.18 Å². The van der Waals surface area contributed by atoms with E-state index in [9.17, 15) is 14.0 Å². The van der Waals surface area contributed by atoms with E-state index in [1.807, 2.05) is 0 Å². The second kappa shape index (κ2) is 7.20. The molecule has 0 heterocycles. The first-order valence-electron chi connectivity index (χ1n) is 7.39. The van der Waals surface area contributed by atoms with E-state index >= 15 is 0 Å². The molecule has 114 valence electrons. The Morgan fingerprint density at radius 1 is 1.29 bits per heavy atom. The van der Waals surface area contributed by atoms with Crippen molar-refractivity contribution < 1.29 is 19.1 Å². The molecule has 5 heteroatoms. The first-order chi connectivity index (χ1) is 10.1. The Bertz CT molecular complexity index is 524. The Morgan fingerprint density at radius 3 is 2.62 bits per heavy atom. The molecular formula is C16H20FNO3. The van der Waals surface area contributed by atoms with Crippen molar-refractivity contribution in [2.24, 2.45) is 5.92 Å². The Morgan fingerprint density at radius 2 is 2.00 bits per heavy atom. The third-order valence-electron chi connectivity index (χ3n) is 4.01. The van der Waals surface area contributed by atoms with Crippen LogP contribution in [-0.4, -0.2) is 23.5 Å². The molecule has 2 rings (SSSR count). The molecule has 0 radical (unpaired) electrons. The number of carboxylic acids is 1. The van der Waals surface area contributed by atoms with Crippen LogP contribution >= 0.6 is 0 Å². The van der Waals surface area contributed by atoms with E-state index in [0.29, 0.717) is 6.54 Å². The highest BCUT2D eigenvalue weighted by atomic mass is 19.1. The zero-order valence-corrected chi connectivity index (χ0v) is 11.9. The van der Waals surface area contributed by atoms with Gasteiger partial charge in [0.1, 0.15) is 5.82 Å². The summed E-state index contributed by atoms with van der Waals surface area (Å²) >= 11 is 0. The molecule has 1 amide bonds. The first-order valence-corrected chi connectivity index (χ1v) is 7.39. The summed E-state index contributed by atoms with van der Waals surface area (Å²) in [6, 6.07) is 3.32. The molecule has 0 bridgehead atoms. The van der Waals surface area contributed by atoms with Gasteiger partial charge in [-0.2, -0.15) is 0 Å². The molecule has 1 saturated carbocycles. The lowest BCUT2D eigenvalue weighted by atomic mass is 10.0. The molecule has 0 saturated heterocycles. The molecule has 1 aliphatic carbocycles. The molecule has 0 aromatic heterocycles. The van der Waals surface area contributed by atoms with Gasteiger partial charge in [-0.15, -0.1) is 0 Å². The van der Waals surface area contributed by atoms with Crippen molar-refractivity contribution >= 4 is 11.9 Å². The third-order valence-corrected chi connectivity index (χ3v) is 4.01. The minimum Gasteiger partial charge on any atom is -0.478 e. The van der Waals surface area contributed by atoms with Gasteiger partial charge in [-0.05, 0) is 37.0 Å². The summed E-state index contributed by atoms with van der Waals surface area (Å²) in [6.07, 6.45) is 7.15. The van der Waals surface area contributed by atoms with E-state index < -0.39 is 17.7 Å². The van der Waals surface area contributed by atoms with Crippen LogP contribution < -0.4 is 5.32 Å². The van der Waals surface area contributed by atoms with Crippen molar-refractivity contribution in [3.8, 4) is 0 Å². The fraction of sp³-hybridized carbons (Fsp3) is 0.500. The van der Waals surface area contributed by atoms with Crippen molar-refractivity contribution in [1.29, 1.82) is 0 Å². The number of halogens is 1. The van der Waals surface area contributed by atoms with Gasteiger partial charge in [0, 0.05) is 6.54 Å². The second-order valence-electron chi connectivity index (χ2n) is 5.55. The van der Waals surface area contributed by atoms with Gasteiger partial charge in [0.15, 0.2) is 0 Å². The summed E-state index contributed by atoms with van der Waals surface area (Å²) in [5, 5.41) is 11.4. The van der Waals surface area contributed by atoms with Crippen LogP contribution in [0.25, 0.3) is 0 Å². The van der Waals surface area contributed by atoms with Gasteiger partial charge in [0.25, 0.3) is 5.91 Å². The predicted octanol–water partition coefficient (Wildman–Crippen LogP) is 3.22. The molecule has 1 aromatic rings. The molecule has 1 aromatic carbocycles. The highest BCUT2D eigenvalue weighted by molar-refractivity contribution is 5.96. The van der Waals surface area contributed by atoms with Crippen molar-refractivity contribution in [2.75, 3.05) is 6.54 Å². The number of benzene rings is 1. The van der Waals surface area contributed by atoms with E-state index in [1.54, 1.807) is 0 Å². The number of carbonyl (C=O) groups is 2. The molecule has 4 nitrogen and oxygen atoms in total. The standard InChI is InChI=1S/C16H20FNO3/c17-14-10-12(16(20)21)7-8-13(14)15(19)18-9-3-6-11-4-1-2-5-11/h7-8,10-11H,1-6,9H2,(H,18,19)(H,20,21). The smallest absolute Gasteiger partial charge is 0.335 e. The SMILES string of the molecule is O=C(O)c1ccc(C(=O)NCCCC2CCCC2)c(F)c1. The normalized spacial score (nSPS) is 15.1. The highest BCUT2D eigenvalue weighted by Crippen LogP contribution is 2.28. The number of nitrogens with one attached hydrogen (secondary N) is 1. The monoisotopic (exact) mass is 293 g/mol. The van der Waals surface area contributed by atoms with Crippen molar-refractivity contribution in [3.05, 3.63) is 35.1 Å². The second-order valence-corrected chi connectivity index (χ2v) is 5.55. The number of carboxylic acid groups (broad SMARTS) is 1.